The highest BCUT2D eigenvalue weighted by Crippen LogP contribution is 2.36. The van der Waals surface area contributed by atoms with E-state index in [0.29, 0.717) is 28.5 Å². The number of nitrogens with zero attached hydrogens (tertiary/aromatic N) is 2. The minimum absolute atomic E-state index is 0.211. The van der Waals surface area contributed by atoms with Crippen LogP contribution in [0.3, 0.4) is 0 Å². The molecule has 0 bridgehead atoms. The molecule has 4 rings (SSSR count). The molecule has 2 fully saturated rings. The van der Waals surface area contributed by atoms with E-state index < -0.39 is 0 Å². The predicted octanol–water partition coefficient (Wildman–Crippen LogP) is 6.10. The van der Waals surface area contributed by atoms with Crippen molar-refractivity contribution in [1.29, 1.82) is 0 Å². The highest BCUT2D eigenvalue weighted by Gasteiger charge is 2.36. The van der Waals surface area contributed by atoms with Crippen molar-refractivity contribution in [3.05, 3.63) is 79.5 Å². The van der Waals surface area contributed by atoms with E-state index in [1.54, 1.807) is 24.3 Å². The topological polar surface area (TPSA) is 40.6 Å². The fourth-order valence-electron chi connectivity index (χ4n) is 3.05. The van der Waals surface area contributed by atoms with Gasteiger partial charge in [0.25, 0.3) is 11.8 Å². The third-order valence-electron chi connectivity index (χ3n) is 4.68. The van der Waals surface area contributed by atoms with E-state index in [2.05, 4.69) is 0 Å². The Morgan fingerprint density at radius 2 is 1.09 bits per heavy atom. The summed E-state index contributed by atoms with van der Waals surface area (Å²) in [5.74, 6) is -0.422. The Balaban J connectivity index is 1.45. The Bertz CT molecular complexity index is 1120. The molecule has 32 heavy (non-hydrogen) atoms. The molecule has 0 unspecified atom stereocenters. The van der Waals surface area contributed by atoms with Crippen molar-refractivity contribution in [1.82, 2.24) is 9.80 Å². The van der Waals surface area contributed by atoms with Crippen LogP contribution in [-0.4, -0.2) is 43.3 Å². The summed E-state index contributed by atoms with van der Waals surface area (Å²) in [6, 6.07) is 14.5. The molecule has 2 heterocycles. The number of benzene rings is 2. The van der Waals surface area contributed by atoms with Crippen molar-refractivity contribution in [2.75, 3.05) is 13.1 Å². The first-order chi connectivity index (χ1) is 15.3. The summed E-state index contributed by atoms with van der Waals surface area (Å²) < 4.78 is 0.871. The molecule has 2 aromatic carbocycles. The zero-order chi connectivity index (χ0) is 22.8. The van der Waals surface area contributed by atoms with Gasteiger partial charge in [-0.2, -0.15) is 0 Å². The van der Waals surface area contributed by atoms with Crippen LogP contribution in [0, 0.1) is 0 Å². The zero-order valence-corrected chi connectivity index (χ0v) is 21.1. The molecular formula is C22H14Cl2N2O2S4. The quantitative estimate of drug-likeness (QED) is 0.339. The largest absolute Gasteiger partial charge is 0.291 e. The van der Waals surface area contributed by atoms with Crippen LogP contribution in [0.4, 0.5) is 0 Å². The van der Waals surface area contributed by atoms with Crippen molar-refractivity contribution in [2.45, 2.75) is 0 Å². The van der Waals surface area contributed by atoms with E-state index >= 15 is 0 Å². The van der Waals surface area contributed by atoms with Crippen LogP contribution in [0.2, 0.25) is 10.0 Å². The fourth-order valence-corrected chi connectivity index (χ4v) is 6.03. The fraction of sp³-hybridized carbons (Fsp3) is 0.0909. The Morgan fingerprint density at radius 1 is 0.719 bits per heavy atom. The normalized spacial score (nSPS) is 19.2. The van der Waals surface area contributed by atoms with Crippen LogP contribution in [0.25, 0.3) is 12.2 Å². The zero-order valence-electron chi connectivity index (χ0n) is 16.3. The standard InChI is InChI=1S/C22H14Cl2N2O2S4/c23-15-7-3-1-5-13(15)11-17-19(27)25(21(29)31-17)9-10-26-20(28)18(32-22(26)30)12-14-6-2-4-8-16(14)24/h1-8,11-12H,9-10H2/b17-11-,18-12+. The Hall–Kier alpha value is -1.68. The van der Waals surface area contributed by atoms with Crippen molar-refractivity contribution >= 4 is 104 Å². The molecule has 162 valence electrons. The smallest absolute Gasteiger partial charge is 0.266 e. The van der Waals surface area contributed by atoms with Crippen molar-refractivity contribution in [3.63, 3.8) is 0 Å². The van der Waals surface area contributed by atoms with Crippen molar-refractivity contribution in [2.24, 2.45) is 0 Å². The van der Waals surface area contributed by atoms with Crippen LogP contribution in [0.15, 0.2) is 58.3 Å². The lowest BCUT2D eigenvalue weighted by Gasteiger charge is -2.19. The van der Waals surface area contributed by atoms with E-state index in [0.717, 1.165) is 11.1 Å². The summed E-state index contributed by atoms with van der Waals surface area (Å²) in [6.45, 7) is 0.493. The third-order valence-corrected chi connectivity index (χ3v) is 8.12. The van der Waals surface area contributed by atoms with Crippen molar-refractivity contribution < 1.29 is 9.59 Å². The van der Waals surface area contributed by atoms with Gasteiger partial charge < -0.3 is 0 Å². The van der Waals surface area contributed by atoms with Crippen LogP contribution in [0.1, 0.15) is 11.1 Å². The number of rotatable bonds is 5. The summed E-state index contributed by atoms with van der Waals surface area (Å²) in [4.78, 5) is 29.7. The van der Waals surface area contributed by atoms with Crippen LogP contribution >= 0.6 is 71.2 Å². The van der Waals surface area contributed by atoms with Crippen LogP contribution in [0.5, 0.6) is 0 Å². The lowest BCUT2D eigenvalue weighted by Crippen LogP contribution is -2.39. The van der Waals surface area contributed by atoms with Crippen LogP contribution < -0.4 is 0 Å². The number of hydrogen-bond donors (Lipinski definition) is 0. The summed E-state index contributed by atoms with van der Waals surface area (Å²) in [5.41, 5.74) is 1.49. The van der Waals surface area contributed by atoms with Gasteiger partial charge in [0.1, 0.15) is 8.64 Å². The summed E-state index contributed by atoms with van der Waals surface area (Å²) in [6.07, 6.45) is 3.46. The van der Waals surface area contributed by atoms with Gasteiger partial charge in [0, 0.05) is 23.1 Å². The lowest BCUT2D eigenvalue weighted by atomic mass is 10.2. The molecule has 0 radical (unpaired) electrons. The minimum Gasteiger partial charge on any atom is -0.291 e. The number of halogens is 2. The van der Waals surface area contributed by atoms with E-state index in [9.17, 15) is 9.59 Å². The summed E-state index contributed by atoms with van der Waals surface area (Å²) >= 11 is 25.6. The van der Waals surface area contributed by atoms with Gasteiger partial charge in [-0.05, 0) is 35.4 Å². The van der Waals surface area contributed by atoms with E-state index in [4.69, 9.17) is 47.6 Å². The number of carbonyl (C=O) groups is 2. The van der Waals surface area contributed by atoms with Gasteiger partial charge in [-0.3, -0.25) is 19.4 Å². The number of hydrogen-bond acceptors (Lipinski definition) is 6. The number of carbonyl (C=O) groups excluding carboxylic acids is 2. The van der Waals surface area contributed by atoms with E-state index in [-0.39, 0.29) is 24.9 Å². The molecule has 10 heteroatoms. The maximum atomic E-state index is 12.9. The van der Waals surface area contributed by atoms with Gasteiger partial charge in [0.2, 0.25) is 0 Å². The predicted molar refractivity (Wildman–Crippen MR) is 143 cm³/mol. The van der Waals surface area contributed by atoms with Crippen molar-refractivity contribution in [3.8, 4) is 0 Å². The Kier molecular flexibility index (Phi) is 7.39. The SMILES string of the molecule is O=C1/C(=C/c2ccccc2Cl)SC(=S)N1CCN1C(=O)/C(=C\c2ccccc2Cl)SC1=S. The highest BCUT2D eigenvalue weighted by atomic mass is 35.5. The maximum Gasteiger partial charge on any atom is 0.266 e. The first-order valence-electron chi connectivity index (χ1n) is 9.35. The molecule has 0 aliphatic carbocycles. The average molecular weight is 538 g/mol. The first kappa shape index (κ1) is 23.5. The monoisotopic (exact) mass is 536 g/mol. The van der Waals surface area contributed by atoms with E-state index in [1.165, 1.54) is 33.3 Å². The van der Waals surface area contributed by atoms with Gasteiger partial charge in [-0.25, -0.2) is 0 Å². The Morgan fingerprint density at radius 3 is 1.47 bits per heavy atom. The molecule has 2 saturated heterocycles. The van der Waals surface area contributed by atoms with Gasteiger partial charge in [0.15, 0.2) is 0 Å². The highest BCUT2D eigenvalue weighted by molar-refractivity contribution is 8.27. The van der Waals surface area contributed by atoms with Gasteiger partial charge >= 0.3 is 0 Å². The molecular weight excluding hydrogens is 523 g/mol. The second-order valence-electron chi connectivity index (χ2n) is 6.71. The van der Waals surface area contributed by atoms with Gasteiger partial charge in [0.05, 0.1) is 9.81 Å². The number of thiocarbonyl (C=S) groups is 2. The Labute approximate surface area is 214 Å². The molecule has 0 atom stereocenters. The molecule has 0 aromatic heterocycles. The second kappa shape index (κ2) is 10.1. The molecule has 0 saturated carbocycles. The molecule has 2 aliphatic heterocycles. The van der Waals surface area contributed by atoms with Crippen LogP contribution in [-0.2, 0) is 9.59 Å². The average Bonchev–Trinajstić information content (AvgIpc) is 3.18. The molecule has 2 amide bonds. The summed E-state index contributed by atoms with van der Waals surface area (Å²) in [7, 11) is 0. The first-order valence-corrected chi connectivity index (χ1v) is 12.6. The molecule has 4 nitrogen and oxygen atoms in total. The summed E-state index contributed by atoms with van der Waals surface area (Å²) in [5, 5.41) is 1.11. The molecule has 0 N–H and O–H groups in total. The number of thioether (sulfide) groups is 2. The van der Waals surface area contributed by atoms with Gasteiger partial charge in [-0.15, -0.1) is 0 Å². The minimum atomic E-state index is -0.211. The second-order valence-corrected chi connectivity index (χ2v) is 10.9. The van der Waals surface area contributed by atoms with E-state index in [1.807, 2.05) is 36.4 Å². The lowest BCUT2D eigenvalue weighted by molar-refractivity contribution is -0.125. The molecule has 2 aliphatic rings. The third kappa shape index (κ3) is 4.95. The number of amides is 2. The molecule has 0 spiro atoms. The molecule has 2 aromatic rings. The maximum absolute atomic E-state index is 12.9. The van der Waals surface area contributed by atoms with Gasteiger partial charge in [-0.1, -0.05) is 108 Å².